The number of hydrogen-bond acceptors (Lipinski definition) is 6. The lowest BCUT2D eigenvalue weighted by atomic mass is 10.2. The summed E-state index contributed by atoms with van der Waals surface area (Å²) in [7, 11) is 0. The molecule has 3 aromatic rings. The van der Waals surface area contributed by atoms with Gasteiger partial charge in [-0.25, -0.2) is 19.5 Å². The molecule has 7 nitrogen and oxygen atoms in total. The molecule has 0 unspecified atom stereocenters. The lowest BCUT2D eigenvalue weighted by Crippen LogP contribution is -2.47. The van der Waals surface area contributed by atoms with Crippen molar-refractivity contribution >= 4 is 17.3 Å². The summed E-state index contributed by atoms with van der Waals surface area (Å²) >= 11 is 0. The SMILES string of the molecule is Cc1cn2nc(N3CCN(c4cc(C5CC5)ncn4)CC3)ccc2n1. The van der Waals surface area contributed by atoms with Gasteiger partial charge in [0.25, 0.3) is 0 Å². The Morgan fingerprint density at radius 1 is 0.960 bits per heavy atom. The minimum Gasteiger partial charge on any atom is -0.353 e. The molecular formula is C18H21N7. The Morgan fingerprint density at radius 3 is 2.48 bits per heavy atom. The molecule has 0 aromatic carbocycles. The van der Waals surface area contributed by atoms with Crippen LogP contribution in [-0.4, -0.2) is 50.7 Å². The molecule has 3 aromatic heterocycles. The maximum absolute atomic E-state index is 4.70. The molecule has 7 heteroatoms. The van der Waals surface area contributed by atoms with Crippen LogP contribution in [0.25, 0.3) is 5.65 Å². The molecule has 0 bridgehead atoms. The summed E-state index contributed by atoms with van der Waals surface area (Å²) in [6.45, 7) is 5.77. The van der Waals surface area contributed by atoms with E-state index >= 15 is 0 Å². The first-order chi connectivity index (χ1) is 12.3. The van der Waals surface area contributed by atoms with E-state index < -0.39 is 0 Å². The lowest BCUT2D eigenvalue weighted by molar-refractivity contribution is 0.635. The number of aryl methyl sites for hydroxylation is 1. The van der Waals surface area contributed by atoms with E-state index in [0.29, 0.717) is 5.92 Å². The van der Waals surface area contributed by atoms with Gasteiger partial charge in [0.2, 0.25) is 0 Å². The quantitative estimate of drug-likeness (QED) is 0.730. The van der Waals surface area contributed by atoms with E-state index in [0.717, 1.165) is 49.2 Å². The zero-order valence-corrected chi connectivity index (χ0v) is 14.3. The van der Waals surface area contributed by atoms with Crippen molar-refractivity contribution in [2.75, 3.05) is 36.0 Å². The molecule has 4 heterocycles. The van der Waals surface area contributed by atoms with Crippen molar-refractivity contribution in [3.8, 4) is 0 Å². The molecule has 0 atom stereocenters. The summed E-state index contributed by atoms with van der Waals surface area (Å²) in [6, 6.07) is 6.27. The number of hydrogen-bond donors (Lipinski definition) is 0. The van der Waals surface area contributed by atoms with Crippen LogP contribution < -0.4 is 9.80 Å². The van der Waals surface area contributed by atoms with Crippen LogP contribution in [0.3, 0.4) is 0 Å². The average molecular weight is 335 g/mol. The number of fused-ring (bicyclic) bond motifs is 1. The molecule has 0 spiro atoms. The van der Waals surface area contributed by atoms with Gasteiger partial charge in [-0.05, 0) is 31.9 Å². The van der Waals surface area contributed by atoms with E-state index in [9.17, 15) is 0 Å². The fourth-order valence-electron chi connectivity index (χ4n) is 3.46. The van der Waals surface area contributed by atoms with Crippen LogP contribution in [0.15, 0.2) is 30.7 Å². The molecule has 1 saturated heterocycles. The normalized spacial score (nSPS) is 18.1. The summed E-state index contributed by atoms with van der Waals surface area (Å²) in [5, 5.41) is 4.70. The molecule has 1 aliphatic heterocycles. The predicted octanol–water partition coefficient (Wildman–Crippen LogP) is 2.03. The van der Waals surface area contributed by atoms with Gasteiger partial charge in [-0.1, -0.05) is 0 Å². The molecule has 0 amide bonds. The molecule has 5 rings (SSSR count). The van der Waals surface area contributed by atoms with Crippen LogP contribution in [-0.2, 0) is 0 Å². The molecular weight excluding hydrogens is 314 g/mol. The Labute approximate surface area is 146 Å². The highest BCUT2D eigenvalue weighted by atomic mass is 15.4. The fourth-order valence-corrected chi connectivity index (χ4v) is 3.46. The Morgan fingerprint density at radius 2 is 1.72 bits per heavy atom. The molecule has 0 N–H and O–H groups in total. The summed E-state index contributed by atoms with van der Waals surface area (Å²) in [4.78, 5) is 18.0. The van der Waals surface area contributed by atoms with Gasteiger partial charge < -0.3 is 9.80 Å². The van der Waals surface area contributed by atoms with Gasteiger partial charge in [-0.15, -0.1) is 5.10 Å². The van der Waals surface area contributed by atoms with Crippen molar-refractivity contribution in [1.29, 1.82) is 0 Å². The van der Waals surface area contributed by atoms with Crippen molar-refractivity contribution in [3.05, 3.63) is 42.1 Å². The summed E-state index contributed by atoms with van der Waals surface area (Å²) in [6.07, 6.45) is 6.22. The maximum atomic E-state index is 4.70. The lowest BCUT2D eigenvalue weighted by Gasteiger charge is -2.36. The Hall–Kier alpha value is -2.70. The van der Waals surface area contributed by atoms with Crippen molar-refractivity contribution < 1.29 is 0 Å². The third kappa shape index (κ3) is 2.79. The minimum atomic E-state index is 0.664. The number of anilines is 2. The first kappa shape index (κ1) is 14.6. The second kappa shape index (κ2) is 5.68. The highest BCUT2D eigenvalue weighted by molar-refractivity contribution is 5.49. The minimum absolute atomic E-state index is 0.664. The second-order valence-corrected chi connectivity index (χ2v) is 6.93. The second-order valence-electron chi connectivity index (χ2n) is 6.93. The topological polar surface area (TPSA) is 62.5 Å². The molecule has 1 saturated carbocycles. The van der Waals surface area contributed by atoms with E-state index in [2.05, 4.69) is 36.9 Å². The third-order valence-electron chi connectivity index (χ3n) is 5.02. The van der Waals surface area contributed by atoms with E-state index in [1.807, 2.05) is 23.7 Å². The fraction of sp³-hybridized carbons (Fsp3) is 0.444. The van der Waals surface area contributed by atoms with Gasteiger partial charge in [0.15, 0.2) is 5.65 Å². The van der Waals surface area contributed by atoms with Gasteiger partial charge in [-0.2, -0.15) is 0 Å². The van der Waals surface area contributed by atoms with Gasteiger partial charge in [0.05, 0.1) is 11.9 Å². The number of nitrogens with zero attached hydrogens (tertiary/aromatic N) is 7. The van der Waals surface area contributed by atoms with Gasteiger partial charge in [-0.3, -0.25) is 0 Å². The van der Waals surface area contributed by atoms with E-state index in [1.165, 1.54) is 18.5 Å². The van der Waals surface area contributed by atoms with Crippen LogP contribution in [0.4, 0.5) is 11.6 Å². The zero-order chi connectivity index (χ0) is 16.8. The molecule has 128 valence electrons. The van der Waals surface area contributed by atoms with Crippen molar-refractivity contribution in [3.63, 3.8) is 0 Å². The zero-order valence-electron chi connectivity index (χ0n) is 14.3. The van der Waals surface area contributed by atoms with Crippen molar-refractivity contribution in [2.24, 2.45) is 0 Å². The largest absolute Gasteiger partial charge is 0.353 e. The van der Waals surface area contributed by atoms with Crippen LogP contribution in [0, 0.1) is 6.92 Å². The maximum Gasteiger partial charge on any atom is 0.153 e. The Bertz CT molecular complexity index is 907. The number of piperazine rings is 1. The molecule has 2 fully saturated rings. The number of aromatic nitrogens is 5. The summed E-state index contributed by atoms with van der Waals surface area (Å²) in [5.74, 6) is 2.73. The van der Waals surface area contributed by atoms with Crippen LogP contribution >= 0.6 is 0 Å². The number of rotatable bonds is 3. The Kier molecular flexibility index (Phi) is 3.33. The van der Waals surface area contributed by atoms with E-state index in [4.69, 9.17) is 5.10 Å². The highest BCUT2D eigenvalue weighted by Gasteiger charge is 2.26. The number of imidazole rings is 1. The van der Waals surface area contributed by atoms with E-state index in [-0.39, 0.29) is 0 Å². The standard InChI is InChI=1S/C18H21N7/c1-13-11-25-16(21-13)4-5-17(22-25)23-6-8-24(9-7-23)18-10-15(14-2-3-14)19-12-20-18/h4-5,10-12,14H,2-3,6-9H2,1H3. The monoisotopic (exact) mass is 335 g/mol. The third-order valence-corrected chi connectivity index (χ3v) is 5.02. The molecule has 25 heavy (non-hydrogen) atoms. The van der Waals surface area contributed by atoms with Crippen molar-refractivity contribution in [2.45, 2.75) is 25.7 Å². The predicted molar refractivity (Wildman–Crippen MR) is 96.2 cm³/mol. The average Bonchev–Trinajstić information content (AvgIpc) is 3.43. The summed E-state index contributed by atoms with van der Waals surface area (Å²) < 4.78 is 1.86. The van der Waals surface area contributed by atoms with E-state index in [1.54, 1.807) is 6.33 Å². The molecule has 1 aliphatic carbocycles. The first-order valence-corrected chi connectivity index (χ1v) is 8.91. The van der Waals surface area contributed by atoms with Gasteiger partial charge >= 0.3 is 0 Å². The van der Waals surface area contributed by atoms with Crippen molar-refractivity contribution in [1.82, 2.24) is 24.6 Å². The Balaban J connectivity index is 1.30. The molecule has 2 aliphatic rings. The van der Waals surface area contributed by atoms with Crippen LogP contribution in [0.1, 0.15) is 30.1 Å². The molecule has 0 radical (unpaired) electrons. The summed E-state index contributed by atoms with van der Waals surface area (Å²) in [5.41, 5.74) is 3.09. The van der Waals surface area contributed by atoms with Gasteiger partial charge in [0.1, 0.15) is 18.0 Å². The first-order valence-electron chi connectivity index (χ1n) is 8.91. The van der Waals surface area contributed by atoms with Gasteiger partial charge in [0, 0.05) is 43.9 Å². The van der Waals surface area contributed by atoms with Crippen LogP contribution in [0.2, 0.25) is 0 Å². The highest BCUT2D eigenvalue weighted by Crippen LogP contribution is 2.39. The smallest absolute Gasteiger partial charge is 0.153 e. The van der Waals surface area contributed by atoms with Crippen LogP contribution in [0.5, 0.6) is 0 Å².